The summed E-state index contributed by atoms with van der Waals surface area (Å²) in [6.45, 7) is 6.73. The Morgan fingerprint density at radius 1 is 0.875 bits per heavy atom. The van der Waals surface area contributed by atoms with Gasteiger partial charge in [0, 0.05) is 17.5 Å². The molecule has 0 atom stereocenters. The molecule has 1 rings (SSSR count). The van der Waals surface area contributed by atoms with Crippen molar-refractivity contribution in [3.63, 3.8) is 0 Å². The molecule has 0 aliphatic heterocycles. The second kappa shape index (κ2) is 9.98. The normalized spacial score (nSPS) is 9.50. The summed E-state index contributed by atoms with van der Waals surface area (Å²) in [7, 11) is 0. The van der Waals surface area contributed by atoms with E-state index in [1.54, 1.807) is 52.0 Å². The number of carbonyl (C=O) groups is 2. The molecule has 0 unspecified atom stereocenters. The van der Waals surface area contributed by atoms with E-state index in [4.69, 9.17) is 9.47 Å². The molecule has 0 spiro atoms. The van der Waals surface area contributed by atoms with Gasteiger partial charge in [-0.2, -0.15) is 10.2 Å². The van der Waals surface area contributed by atoms with Crippen LogP contribution >= 0.6 is 0 Å². The van der Waals surface area contributed by atoms with Gasteiger partial charge in [-0.1, -0.05) is 6.07 Å². The Morgan fingerprint density at radius 2 is 1.29 bits per heavy atom. The van der Waals surface area contributed by atoms with Crippen LogP contribution in [0.4, 0.5) is 0 Å². The highest BCUT2D eigenvalue weighted by molar-refractivity contribution is 5.83. The maximum atomic E-state index is 11.5. The molecule has 24 heavy (non-hydrogen) atoms. The van der Waals surface area contributed by atoms with Crippen molar-refractivity contribution in [2.75, 3.05) is 13.2 Å². The van der Waals surface area contributed by atoms with Gasteiger partial charge in [0.15, 0.2) is 13.2 Å². The van der Waals surface area contributed by atoms with Gasteiger partial charge in [0.05, 0.1) is 0 Å². The molecule has 130 valence electrons. The Kier molecular flexibility index (Phi) is 7.97. The fraction of sp³-hybridized carbons (Fsp3) is 0.375. The maximum Gasteiger partial charge on any atom is 0.277 e. The lowest BCUT2D eigenvalue weighted by Gasteiger charge is -2.08. The van der Waals surface area contributed by atoms with Crippen molar-refractivity contribution in [3.05, 3.63) is 24.3 Å². The van der Waals surface area contributed by atoms with E-state index in [2.05, 4.69) is 21.1 Å². The van der Waals surface area contributed by atoms with E-state index in [1.165, 1.54) is 0 Å². The van der Waals surface area contributed by atoms with Crippen LogP contribution in [0.2, 0.25) is 0 Å². The standard InChI is InChI=1S/C16H22N4O4/c1-11(2)17-19-15(21)9-23-13-6-5-7-14(8-13)24-10-16(22)20-18-12(3)4/h5-8H,9-10H2,1-4H3,(H,19,21)(H,20,22). The molecule has 0 aliphatic carbocycles. The number of rotatable bonds is 8. The minimum Gasteiger partial charge on any atom is -0.484 e. The van der Waals surface area contributed by atoms with Gasteiger partial charge in [-0.05, 0) is 39.8 Å². The quantitative estimate of drug-likeness (QED) is 0.555. The van der Waals surface area contributed by atoms with Crippen LogP contribution < -0.4 is 20.3 Å². The summed E-state index contributed by atoms with van der Waals surface area (Å²) >= 11 is 0. The first-order valence-corrected chi connectivity index (χ1v) is 7.32. The van der Waals surface area contributed by atoms with Gasteiger partial charge in [0.1, 0.15) is 11.5 Å². The van der Waals surface area contributed by atoms with Crippen LogP contribution in [-0.2, 0) is 9.59 Å². The van der Waals surface area contributed by atoms with E-state index in [1.807, 2.05) is 0 Å². The van der Waals surface area contributed by atoms with Crippen molar-refractivity contribution < 1.29 is 19.1 Å². The number of nitrogens with one attached hydrogen (secondary N) is 2. The Morgan fingerprint density at radius 3 is 1.67 bits per heavy atom. The Labute approximate surface area is 140 Å². The van der Waals surface area contributed by atoms with Gasteiger partial charge in [0.2, 0.25) is 0 Å². The summed E-state index contributed by atoms with van der Waals surface area (Å²) in [5, 5.41) is 7.58. The molecule has 8 nitrogen and oxygen atoms in total. The molecule has 0 aliphatic rings. The van der Waals surface area contributed by atoms with E-state index in [0.717, 1.165) is 11.4 Å². The zero-order chi connectivity index (χ0) is 17.9. The summed E-state index contributed by atoms with van der Waals surface area (Å²) < 4.78 is 10.7. The first-order chi connectivity index (χ1) is 11.4. The number of hydrogen-bond donors (Lipinski definition) is 2. The monoisotopic (exact) mass is 334 g/mol. The minimum absolute atomic E-state index is 0.175. The van der Waals surface area contributed by atoms with E-state index >= 15 is 0 Å². The SMILES string of the molecule is CC(C)=NNC(=O)COc1cccc(OCC(=O)NN=C(C)C)c1. The Balaban J connectivity index is 2.46. The van der Waals surface area contributed by atoms with Gasteiger partial charge in [-0.3, -0.25) is 9.59 Å². The first kappa shape index (κ1) is 19.1. The average Bonchev–Trinajstić information content (AvgIpc) is 2.54. The van der Waals surface area contributed by atoms with Crippen molar-refractivity contribution in [1.29, 1.82) is 0 Å². The number of nitrogens with zero attached hydrogens (tertiary/aromatic N) is 2. The zero-order valence-electron chi connectivity index (χ0n) is 14.3. The number of benzene rings is 1. The largest absolute Gasteiger partial charge is 0.484 e. The number of hydrazone groups is 2. The second-order valence-electron chi connectivity index (χ2n) is 5.24. The molecule has 0 saturated carbocycles. The second-order valence-corrected chi connectivity index (χ2v) is 5.24. The predicted octanol–water partition coefficient (Wildman–Crippen LogP) is 1.47. The van der Waals surface area contributed by atoms with Crippen LogP contribution in [0.25, 0.3) is 0 Å². The third-order valence-electron chi connectivity index (χ3n) is 2.35. The number of amides is 2. The van der Waals surface area contributed by atoms with Crippen molar-refractivity contribution in [2.45, 2.75) is 27.7 Å². The van der Waals surface area contributed by atoms with E-state index < -0.39 is 0 Å². The number of hydrogen-bond acceptors (Lipinski definition) is 6. The van der Waals surface area contributed by atoms with Crippen LogP contribution in [0.5, 0.6) is 11.5 Å². The third-order valence-corrected chi connectivity index (χ3v) is 2.35. The highest BCUT2D eigenvalue weighted by atomic mass is 16.5. The minimum atomic E-state index is -0.366. The van der Waals surface area contributed by atoms with E-state index in [0.29, 0.717) is 11.5 Å². The average molecular weight is 334 g/mol. The fourth-order valence-electron chi connectivity index (χ4n) is 1.36. The van der Waals surface area contributed by atoms with Gasteiger partial charge < -0.3 is 9.47 Å². The molecule has 0 aromatic heterocycles. The molecule has 0 heterocycles. The highest BCUT2D eigenvalue weighted by Crippen LogP contribution is 2.19. The van der Waals surface area contributed by atoms with E-state index in [9.17, 15) is 9.59 Å². The Hall–Kier alpha value is -2.90. The third kappa shape index (κ3) is 8.52. The van der Waals surface area contributed by atoms with Crippen LogP contribution in [0.3, 0.4) is 0 Å². The molecule has 0 radical (unpaired) electrons. The lowest BCUT2D eigenvalue weighted by atomic mass is 10.3. The summed E-state index contributed by atoms with van der Waals surface area (Å²) in [6.07, 6.45) is 0. The molecular formula is C16H22N4O4. The van der Waals surface area contributed by atoms with Crippen LogP contribution in [0.15, 0.2) is 34.5 Å². The van der Waals surface area contributed by atoms with Crippen LogP contribution in [0.1, 0.15) is 27.7 Å². The molecule has 2 amide bonds. The molecular weight excluding hydrogens is 312 g/mol. The Bertz CT molecular complexity index is 581. The summed E-state index contributed by atoms with van der Waals surface area (Å²) in [5.74, 6) is 0.162. The number of ether oxygens (including phenoxy) is 2. The first-order valence-electron chi connectivity index (χ1n) is 7.32. The predicted molar refractivity (Wildman–Crippen MR) is 91.3 cm³/mol. The molecule has 8 heteroatoms. The summed E-state index contributed by atoms with van der Waals surface area (Å²) in [4.78, 5) is 23.0. The van der Waals surface area contributed by atoms with Gasteiger partial charge in [-0.15, -0.1) is 0 Å². The van der Waals surface area contributed by atoms with Crippen molar-refractivity contribution in [1.82, 2.24) is 10.9 Å². The molecule has 0 saturated heterocycles. The lowest BCUT2D eigenvalue weighted by Crippen LogP contribution is -2.25. The van der Waals surface area contributed by atoms with Crippen molar-refractivity contribution in [3.8, 4) is 11.5 Å². The van der Waals surface area contributed by atoms with Crippen LogP contribution in [-0.4, -0.2) is 36.5 Å². The summed E-state index contributed by atoms with van der Waals surface area (Å²) in [6, 6.07) is 6.64. The van der Waals surface area contributed by atoms with Crippen molar-refractivity contribution >= 4 is 23.2 Å². The summed E-state index contributed by atoms with van der Waals surface area (Å²) in [5.41, 5.74) is 6.19. The lowest BCUT2D eigenvalue weighted by molar-refractivity contribution is -0.123. The molecule has 0 fully saturated rings. The molecule has 1 aromatic carbocycles. The van der Waals surface area contributed by atoms with Gasteiger partial charge in [-0.25, -0.2) is 10.9 Å². The maximum absolute atomic E-state index is 11.5. The topological polar surface area (TPSA) is 101 Å². The van der Waals surface area contributed by atoms with Crippen LogP contribution in [0, 0.1) is 0 Å². The molecule has 0 bridgehead atoms. The van der Waals surface area contributed by atoms with E-state index in [-0.39, 0.29) is 25.0 Å². The molecule has 1 aromatic rings. The van der Waals surface area contributed by atoms with Crippen molar-refractivity contribution in [2.24, 2.45) is 10.2 Å². The molecule has 2 N–H and O–H groups in total. The number of carbonyl (C=O) groups excluding carboxylic acids is 2. The zero-order valence-corrected chi connectivity index (χ0v) is 14.3. The van der Waals surface area contributed by atoms with Gasteiger partial charge in [0.25, 0.3) is 11.8 Å². The van der Waals surface area contributed by atoms with Gasteiger partial charge >= 0.3 is 0 Å². The smallest absolute Gasteiger partial charge is 0.277 e. The fourth-order valence-corrected chi connectivity index (χ4v) is 1.36. The highest BCUT2D eigenvalue weighted by Gasteiger charge is 2.05.